The summed E-state index contributed by atoms with van der Waals surface area (Å²) in [6, 6.07) is 28.7. The molecule has 10 heteroatoms. The van der Waals surface area contributed by atoms with E-state index in [0.29, 0.717) is 11.5 Å². The van der Waals surface area contributed by atoms with Crippen LogP contribution < -0.4 is 14.4 Å². The number of carbonyl (C=O) groups excluding carboxylic acids is 2. The summed E-state index contributed by atoms with van der Waals surface area (Å²) in [5.41, 5.74) is 1.44. The van der Waals surface area contributed by atoms with E-state index in [4.69, 9.17) is 4.74 Å². The second-order valence-corrected chi connectivity index (χ2v) is 14.6. The number of amides is 2. The molecule has 0 fully saturated rings. The maximum Gasteiger partial charge on any atom is 0.264 e. The van der Waals surface area contributed by atoms with Crippen LogP contribution in [0.5, 0.6) is 11.5 Å². The van der Waals surface area contributed by atoms with Crippen molar-refractivity contribution in [1.29, 1.82) is 0 Å². The van der Waals surface area contributed by atoms with Gasteiger partial charge in [0.15, 0.2) is 0 Å². The zero-order valence-corrected chi connectivity index (χ0v) is 28.4. The molecule has 1 unspecified atom stereocenters. The summed E-state index contributed by atoms with van der Waals surface area (Å²) < 4.78 is 36.1. The molecule has 0 aromatic heterocycles. The van der Waals surface area contributed by atoms with Gasteiger partial charge in [-0.2, -0.15) is 0 Å². The third-order valence-electron chi connectivity index (χ3n) is 6.92. The number of nitrogens with zero attached hydrogens (tertiary/aromatic N) is 2. The Kier molecular flexibility index (Phi) is 10.7. The van der Waals surface area contributed by atoms with Gasteiger partial charge in [-0.1, -0.05) is 64.0 Å². The Hall–Kier alpha value is -4.15. The Balaban J connectivity index is 1.71. The van der Waals surface area contributed by atoms with Crippen LogP contribution in [0, 0.1) is 6.92 Å². The molecule has 0 aliphatic heterocycles. The number of halogens is 1. The summed E-state index contributed by atoms with van der Waals surface area (Å²) >= 11 is 3.43. The third kappa shape index (κ3) is 9.18. The number of benzene rings is 4. The van der Waals surface area contributed by atoms with Crippen molar-refractivity contribution < 1.29 is 22.7 Å². The molecule has 0 saturated carbocycles. The van der Waals surface area contributed by atoms with Gasteiger partial charge in [-0.05, 0) is 101 Å². The number of hydrogen-bond acceptors (Lipinski definition) is 5. The minimum absolute atomic E-state index is 0.0449. The summed E-state index contributed by atoms with van der Waals surface area (Å²) in [5, 5.41) is 2.94. The van der Waals surface area contributed by atoms with Gasteiger partial charge in [0.2, 0.25) is 11.8 Å². The highest BCUT2D eigenvalue weighted by Crippen LogP contribution is 2.29. The molecule has 8 nitrogen and oxygen atoms in total. The smallest absolute Gasteiger partial charge is 0.264 e. The van der Waals surface area contributed by atoms with Crippen LogP contribution in [0.4, 0.5) is 5.69 Å². The zero-order valence-electron chi connectivity index (χ0n) is 26.0. The SMILES string of the molecule is Cc1ccc(S(=O)(=O)N(CC(=O)N(Cc2ccc(Br)cc2)C(C)C(=O)NC(C)(C)C)c2ccc(Oc3ccccc3)cc2)cc1. The highest BCUT2D eigenvalue weighted by Gasteiger charge is 2.33. The van der Waals surface area contributed by atoms with Gasteiger partial charge in [-0.25, -0.2) is 8.42 Å². The molecular formula is C35H38BrN3O5S. The van der Waals surface area contributed by atoms with Crippen molar-refractivity contribution in [1.82, 2.24) is 10.2 Å². The minimum Gasteiger partial charge on any atom is -0.457 e. The molecule has 4 aromatic carbocycles. The molecule has 1 N–H and O–H groups in total. The lowest BCUT2D eigenvalue weighted by molar-refractivity contribution is -0.140. The largest absolute Gasteiger partial charge is 0.457 e. The Bertz CT molecular complexity index is 1700. The molecule has 0 spiro atoms. The van der Waals surface area contributed by atoms with Crippen LogP contribution in [0.25, 0.3) is 0 Å². The molecule has 4 aromatic rings. The van der Waals surface area contributed by atoms with E-state index in [0.717, 1.165) is 19.9 Å². The highest BCUT2D eigenvalue weighted by molar-refractivity contribution is 9.10. The first-order chi connectivity index (χ1) is 21.2. The predicted molar refractivity (Wildman–Crippen MR) is 181 cm³/mol. The Morgan fingerprint density at radius 1 is 0.844 bits per heavy atom. The number of anilines is 1. The van der Waals surface area contributed by atoms with Crippen LogP contribution in [0.2, 0.25) is 0 Å². The molecule has 0 aliphatic rings. The van der Waals surface area contributed by atoms with E-state index in [9.17, 15) is 18.0 Å². The van der Waals surface area contributed by atoms with Gasteiger partial charge in [0, 0.05) is 16.6 Å². The van der Waals surface area contributed by atoms with E-state index >= 15 is 0 Å². The van der Waals surface area contributed by atoms with Gasteiger partial charge in [-0.3, -0.25) is 13.9 Å². The molecule has 4 rings (SSSR count). The van der Waals surface area contributed by atoms with E-state index in [2.05, 4.69) is 21.2 Å². The van der Waals surface area contributed by atoms with E-state index in [1.807, 2.05) is 82.3 Å². The van der Waals surface area contributed by atoms with Crippen LogP contribution >= 0.6 is 15.9 Å². The maximum atomic E-state index is 14.2. The summed E-state index contributed by atoms with van der Waals surface area (Å²) in [4.78, 5) is 28.9. The number of carbonyl (C=O) groups is 2. The van der Waals surface area contributed by atoms with Crippen molar-refractivity contribution in [2.75, 3.05) is 10.8 Å². The zero-order chi connectivity index (χ0) is 32.8. The van der Waals surface area contributed by atoms with Crippen LogP contribution in [-0.4, -0.2) is 43.3 Å². The molecule has 1 atom stereocenters. The number of rotatable bonds is 11. The van der Waals surface area contributed by atoms with Gasteiger partial charge in [0.25, 0.3) is 10.0 Å². The average molecular weight is 693 g/mol. The molecule has 0 heterocycles. The molecule has 45 heavy (non-hydrogen) atoms. The Morgan fingerprint density at radius 2 is 1.42 bits per heavy atom. The quantitative estimate of drug-likeness (QED) is 0.181. The molecule has 0 saturated heterocycles. The topological polar surface area (TPSA) is 96.0 Å². The molecule has 0 aliphatic carbocycles. The van der Waals surface area contributed by atoms with E-state index in [1.54, 1.807) is 43.3 Å². The van der Waals surface area contributed by atoms with E-state index < -0.39 is 34.1 Å². The fourth-order valence-electron chi connectivity index (χ4n) is 4.51. The standard InChI is InChI=1S/C35H38BrN3O5S/c1-25-11-21-32(22-12-25)45(42,43)39(29-17-19-31(20-18-29)44-30-9-7-6-8-10-30)24-33(40)38(23-27-13-15-28(36)16-14-27)26(2)34(41)37-35(3,4)5/h6-22,26H,23-24H2,1-5H3,(H,37,41). The van der Waals surface area contributed by atoms with Crippen LogP contribution in [0.3, 0.4) is 0 Å². The van der Waals surface area contributed by atoms with Crippen LogP contribution in [-0.2, 0) is 26.2 Å². The van der Waals surface area contributed by atoms with Gasteiger partial charge in [0.05, 0.1) is 10.6 Å². The first-order valence-corrected chi connectivity index (χ1v) is 16.7. The van der Waals surface area contributed by atoms with Crippen molar-refractivity contribution in [3.63, 3.8) is 0 Å². The lowest BCUT2D eigenvalue weighted by Crippen LogP contribution is -2.54. The predicted octanol–water partition coefficient (Wildman–Crippen LogP) is 7.08. The maximum absolute atomic E-state index is 14.2. The first kappa shape index (κ1) is 33.7. The summed E-state index contributed by atoms with van der Waals surface area (Å²) in [5.74, 6) is 0.266. The fourth-order valence-corrected chi connectivity index (χ4v) is 6.19. The second-order valence-electron chi connectivity index (χ2n) is 11.8. The molecule has 236 valence electrons. The third-order valence-corrected chi connectivity index (χ3v) is 9.24. The van der Waals surface area contributed by atoms with Crippen LogP contribution in [0.1, 0.15) is 38.8 Å². The van der Waals surface area contributed by atoms with Crippen molar-refractivity contribution in [2.45, 2.75) is 57.6 Å². The van der Waals surface area contributed by atoms with Gasteiger partial charge >= 0.3 is 0 Å². The average Bonchev–Trinajstić information content (AvgIpc) is 2.99. The number of ether oxygens (including phenoxy) is 1. The minimum atomic E-state index is -4.19. The fraction of sp³-hybridized carbons (Fsp3) is 0.257. The number of para-hydroxylation sites is 1. The lowest BCUT2D eigenvalue weighted by Gasteiger charge is -2.33. The Morgan fingerprint density at radius 3 is 2.00 bits per heavy atom. The van der Waals surface area contributed by atoms with Gasteiger partial charge in [-0.15, -0.1) is 0 Å². The normalized spacial score (nSPS) is 12.2. The van der Waals surface area contributed by atoms with Crippen molar-refractivity contribution in [2.24, 2.45) is 0 Å². The molecule has 0 radical (unpaired) electrons. The van der Waals surface area contributed by atoms with Crippen molar-refractivity contribution >= 4 is 43.5 Å². The summed E-state index contributed by atoms with van der Waals surface area (Å²) in [6.07, 6.45) is 0. The first-order valence-electron chi connectivity index (χ1n) is 14.5. The molecular weight excluding hydrogens is 654 g/mol. The summed E-state index contributed by atoms with van der Waals surface area (Å²) in [6.45, 7) is 8.67. The number of hydrogen-bond donors (Lipinski definition) is 1. The number of aryl methyl sites for hydroxylation is 1. The van der Waals surface area contributed by atoms with E-state index in [-0.39, 0.29) is 23.0 Å². The van der Waals surface area contributed by atoms with Crippen LogP contribution in [0.15, 0.2) is 112 Å². The van der Waals surface area contributed by atoms with Gasteiger partial charge < -0.3 is 15.0 Å². The number of sulfonamides is 1. The van der Waals surface area contributed by atoms with Gasteiger partial charge in [0.1, 0.15) is 24.1 Å². The molecule has 0 bridgehead atoms. The monoisotopic (exact) mass is 691 g/mol. The molecule has 2 amide bonds. The Labute approximate surface area is 274 Å². The summed E-state index contributed by atoms with van der Waals surface area (Å²) in [7, 11) is -4.19. The lowest BCUT2D eigenvalue weighted by atomic mass is 10.1. The number of nitrogens with one attached hydrogen (secondary N) is 1. The highest BCUT2D eigenvalue weighted by atomic mass is 79.9. The van der Waals surface area contributed by atoms with E-state index in [1.165, 1.54) is 17.0 Å². The van der Waals surface area contributed by atoms with Crippen molar-refractivity contribution in [3.05, 3.63) is 119 Å². The van der Waals surface area contributed by atoms with Crippen molar-refractivity contribution in [3.8, 4) is 11.5 Å². The second kappa shape index (κ2) is 14.3.